The first kappa shape index (κ1) is 15.2. The Balaban J connectivity index is 0.00000162. The summed E-state index contributed by atoms with van der Waals surface area (Å²) in [6.45, 7) is 6.00. The number of halogens is 1. The van der Waals surface area contributed by atoms with E-state index in [1.807, 2.05) is 0 Å². The molecular weight excluding hydrogens is 312 g/mol. The predicted molar refractivity (Wildman–Crippen MR) is 69.5 cm³/mol. The van der Waals surface area contributed by atoms with Crippen molar-refractivity contribution < 1.29 is 26.3 Å². The summed E-state index contributed by atoms with van der Waals surface area (Å²) in [6, 6.07) is 0. The molecule has 0 fully saturated rings. The Kier molecular flexibility index (Phi) is 5.88. The molecule has 0 amide bonds. The second-order valence-electron chi connectivity index (χ2n) is 4.27. The second-order valence-corrected chi connectivity index (χ2v) is 5.01. The van der Waals surface area contributed by atoms with Crippen LogP contribution in [0.3, 0.4) is 0 Å². The van der Waals surface area contributed by atoms with E-state index in [1.54, 1.807) is 11.3 Å². The molecule has 0 aliphatic carbocycles. The number of aromatic nitrogens is 2. The summed E-state index contributed by atoms with van der Waals surface area (Å²) < 4.78 is 10.1. The van der Waals surface area contributed by atoms with Gasteiger partial charge in [-0.15, -0.1) is 11.3 Å². The molecule has 2 aromatic rings. The van der Waals surface area contributed by atoms with E-state index in [9.17, 15) is 0 Å². The summed E-state index contributed by atoms with van der Waals surface area (Å²) in [6.07, 6.45) is 5.23. The molecule has 0 aliphatic heterocycles. The molecule has 0 bridgehead atoms. The molecule has 2 aromatic heterocycles. The normalized spacial score (nSPS) is 10.2. The van der Waals surface area contributed by atoms with Gasteiger partial charge in [0.25, 0.3) is 5.82 Å². The third-order valence-corrected chi connectivity index (χ3v) is 3.85. The minimum Gasteiger partial charge on any atom is -1.00 e. The zero-order valence-electron chi connectivity index (χ0n) is 11.0. The van der Waals surface area contributed by atoms with Gasteiger partial charge in [-0.25, -0.2) is 9.13 Å². The third-order valence-electron chi connectivity index (χ3n) is 3.01. The smallest absolute Gasteiger partial charge is 0.253 e. The lowest BCUT2D eigenvalue weighted by molar-refractivity contribution is -0.677. The first-order valence-corrected chi connectivity index (χ1v) is 6.79. The lowest BCUT2D eigenvalue weighted by Gasteiger charge is -2.04. The van der Waals surface area contributed by atoms with Crippen LogP contribution in [0.25, 0.3) is 0 Å². The average molecular weight is 331 g/mol. The largest absolute Gasteiger partial charge is 1.00 e. The molecule has 0 unspecified atom stereocenters. The first-order chi connectivity index (χ1) is 8.18. The van der Waals surface area contributed by atoms with Crippen molar-refractivity contribution in [2.75, 3.05) is 6.61 Å². The number of rotatable bonds is 5. The van der Waals surface area contributed by atoms with Crippen molar-refractivity contribution in [2.45, 2.75) is 26.8 Å². The summed E-state index contributed by atoms with van der Waals surface area (Å²) in [4.78, 5) is 0. The van der Waals surface area contributed by atoms with Gasteiger partial charge in [-0.3, -0.25) is 0 Å². The van der Waals surface area contributed by atoms with Gasteiger partial charge in [-0.05, 0) is 12.3 Å². The Morgan fingerprint density at radius 2 is 2.11 bits per heavy atom. The molecule has 0 aromatic carbocycles. The van der Waals surface area contributed by atoms with Gasteiger partial charge in [0, 0.05) is 24.3 Å². The van der Waals surface area contributed by atoms with E-state index in [4.69, 9.17) is 4.74 Å². The van der Waals surface area contributed by atoms with Crippen LogP contribution in [-0.2, 0) is 13.6 Å². The molecule has 5 heteroatoms. The monoisotopic (exact) mass is 330 g/mol. The Bertz CT molecular complexity index is 493. The van der Waals surface area contributed by atoms with E-state index >= 15 is 0 Å². The molecular formula is C13H19BrN2OS. The van der Waals surface area contributed by atoms with Crippen molar-refractivity contribution in [3.63, 3.8) is 0 Å². The van der Waals surface area contributed by atoms with Crippen LogP contribution in [0, 0.1) is 13.8 Å². The summed E-state index contributed by atoms with van der Waals surface area (Å²) in [5, 5.41) is 4.18. The van der Waals surface area contributed by atoms with Crippen molar-refractivity contribution in [3.05, 3.63) is 34.5 Å². The van der Waals surface area contributed by atoms with Crippen LogP contribution < -0.4 is 26.3 Å². The van der Waals surface area contributed by atoms with Gasteiger partial charge in [0.05, 0.1) is 20.2 Å². The van der Waals surface area contributed by atoms with Crippen molar-refractivity contribution >= 4 is 11.3 Å². The van der Waals surface area contributed by atoms with Crippen LogP contribution >= 0.6 is 11.3 Å². The lowest BCUT2D eigenvalue weighted by atomic mass is 10.3. The van der Waals surface area contributed by atoms with Crippen LogP contribution in [0.4, 0.5) is 0 Å². The van der Waals surface area contributed by atoms with Crippen molar-refractivity contribution in [1.29, 1.82) is 0 Å². The van der Waals surface area contributed by atoms with E-state index in [-0.39, 0.29) is 17.0 Å². The Morgan fingerprint density at radius 1 is 1.33 bits per heavy atom. The lowest BCUT2D eigenvalue weighted by Crippen LogP contribution is -3.00. The van der Waals surface area contributed by atoms with Crippen LogP contribution in [-0.4, -0.2) is 11.2 Å². The van der Waals surface area contributed by atoms with Crippen molar-refractivity contribution in [3.8, 4) is 5.75 Å². The minimum atomic E-state index is 0. The fourth-order valence-corrected chi connectivity index (χ4v) is 2.51. The van der Waals surface area contributed by atoms with Crippen LogP contribution in [0.1, 0.15) is 17.8 Å². The quantitative estimate of drug-likeness (QED) is 0.532. The number of imidazole rings is 1. The highest BCUT2D eigenvalue weighted by molar-refractivity contribution is 7.08. The molecule has 0 saturated heterocycles. The van der Waals surface area contributed by atoms with Crippen LogP contribution in [0.15, 0.2) is 23.2 Å². The number of ether oxygens (including phenoxy) is 1. The van der Waals surface area contributed by atoms with E-state index in [2.05, 4.69) is 53.2 Å². The van der Waals surface area contributed by atoms with Gasteiger partial charge in [0.2, 0.25) is 0 Å². The molecule has 100 valence electrons. The number of nitrogens with zero attached hydrogens (tertiary/aromatic N) is 2. The molecule has 3 nitrogen and oxygen atoms in total. The van der Waals surface area contributed by atoms with Gasteiger partial charge in [-0.2, -0.15) is 0 Å². The molecule has 0 spiro atoms. The van der Waals surface area contributed by atoms with Gasteiger partial charge in [-0.1, -0.05) is 0 Å². The molecule has 2 rings (SSSR count). The molecule has 0 N–H and O–H groups in total. The van der Waals surface area contributed by atoms with E-state index in [1.165, 1.54) is 11.4 Å². The summed E-state index contributed by atoms with van der Waals surface area (Å²) in [5.41, 5.74) is 1.23. The van der Waals surface area contributed by atoms with E-state index in [0.717, 1.165) is 25.3 Å². The highest BCUT2D eigenvalue weighted by Gasteiger charge is 2.08. The van der Waals surface area contributed by atoms with Gasteiger partial charge >= 0.3 is 0 Å². The topological polar surface area (TPSA) is 18.0 Å². The van der Waals surface area contributed by atoms with Gasteiger partial charge < -0.3 is 21.7 Å². The third kappa shape index (κ3) is 3.59. The molecule has 0 saturated carbocycles. The highest BCUT2D eigenvalue weighted by Crippen LogP contribution is 2.22. The second kappa shape index (κ2) is 6.95. The SMILES string of the molecule is Cc1cscc1OCCCn1cc[n+](C)c1C.[Br-]. The molecule has 0 radical (unpaired) electrons. The van der Waals surface area contributed by atoms with Crippen LogP contribution in [0.5, 0.6) is 5.75 Å². The van der Waals surface area contributed by atoms with Crippen molar-refractivity contribution in [2.24, 2.45) is 7.05 Å². The Labute approximate surface area is 123 Å². The maximum Gasteiger partial charge on any atom is 0.253 e. The zero-order valence-corrected chi connectivity index (χ0v) is 13.4. The van der Waals surface area contributed by atoms with Crippen molar-refractivity contribution in [1.82, 2.24) is 4.57 Å². The molecule has 18 heavy (non-hydrogen) atoms. The Hall–Kier alpha value is -0.810. The Morgan fingerprint density at radius 3 is 2.67 bits per heavy atom. The maximum absolute atomic E-state index is 5.74. The fourth-order valence-electron chi connectivity index (χ4n) is 1.75. The number of hydrogen-bond acceptors (Lipinski definition) is 2. The van der Waals surface area contributed by atoms with E-state index in [0.29, 0.717) is 0 Å². The van der Waals surface area contributed by atoms with Crippen LogP contribution in [0.2, 0.25) is 0 Å². The minimum absolute atomic E-state index is 0. The average Bonchev–Trinajstić information content (AvgIpc) is 2.85. The number of thiophene rings is 1. The van der Waals surface area contributed by atoms with Gasteiger partial charge in [0.1, 0.15) is 18.1 Å². The number of hydrogen-bond donors (Lipinski definition) is 0. The zero-order chi connectivity index (χ0) is 12.3. The highest BCUT2D eigenvalue weighted by atomic mass is 79.9. The standard InChI is InChI=1S/C13H19N2OS.BrH/c1-11-9-17-10-13(11)16-8-4-5-15-7-6-14(3)12(15)2;/h6-7,9-10H,4-5,8H2,1-3H3;1H/q+1;/p-1. The molecule has 0 atom stereocenters. The predicted octanol–water partition coefficient (Wildman–Crippen LogP) is -0.536. The summed E-state index contributed by atoms with van der Waals surface area (Å²) >= 11 is 1.69. The number of aryl methyl sites for hydroxylation is 3. The maximum atomic E-state index is 5.74. The first-order valence-electron chi connectivity index (χ1n) is 5.85. The van der Waals surface area contributed by atoms with E-state index < -0.39 is 0 Å². The fraction of sp³-hybridized carbons (Fsp3) is 0.462. The summed E-state index contributed by atoms with van der Waals surface area (Å²) in [5.74, 6) is 2.31. The molecule has 2 heterocycles. The summed E-state index contributed by atoms with van der Waals surface area (Å²) in [7, 11) is 2.07. The molecule has 0 aliphatic rings. The van der Waals surface area contributed by atoms with Gasteiger partial charge in [0.15, 0.2) is 0 Å².